The lowest BCUT2D eigenvalue weighted by atomic mass is 9.93. The maximum Gasteiger partial charge on any atom is 0.233 e. The van der Waals surface area contributed by atoms with Crippen LogP contribution in [-0.2, 0) is 27.2 Å². The molecule has 11 nitrogen and oxygen atoms in total. The molecule has 1 saturated carbocycles. The fourth-order valence-corrected chi connectivity index (χ4v) is 3.84. The third-order valence-corrected chi connectivity index (χ3v) is 6.14. The van der Waals surface area contributed by atoms with Crippen LogP contribution in [0.15, 0.2) is 54.6 Å². The molecule has 3 aromatic rings. The first-order valence-electron chi connectivity index (χ1n) is 13.5. The lowest BCUT2D eigenvalue weighted by molar-refractivity contribution is -0.120. The van der Waals surface area contributed by atoms with Crippen molar-refractivity contribution in [3.05, 3.63) is 65.7 Å². The van der Waals surface area contributed by atoms with Crippen molar-refractivity contribution in [2.45, 2.75) is 38.3 Å². The molecule has 0 unspecified atom stereocenters. The molecule has 39 heavy (non-hydrogen) atoms. The smallest absolute Gasteiger partial charge is 0.233 e. The molecule has 1 fully saturated rings. The summed E-state index contributed by atoms with van der Waals surface area (Å²) in [6.45, 7) is 3.50. The van der Waals surface area contributed by atoms with Crippen molar-refractivity contribution in [3.8, 4) is 0 Å². The van der Waals surface area contributed by atoms with Crippen LogP contribution in [0, 0.1) is 0 Å². The first-order valence-corrected chi connectivity index (χ1v) is 13.5. The van der Waals surface area contributed by atoms with Crippen LogP contribution in [0.1, 0.15) is 30.4 Å². The van der Waals surface area contributed by atoms with E-state index in [0.717, 1.165) is 29.7 Å². The van der Waals surface area contributed by atoms with Crippen LogP contribution in [0.4, 0.5) is 23.5 Å². The molecular weight excluding hydrogens is 496 g/mol. The summed E-state index contributed by atoms with van der Waals surface area (Å²) < 4.78 is 10.7. The maximum atomic E-state index is 12.3. The van der Waals surface area contributed by atoms with Gasteiger partial charge in [-0.25, -0.2) is 0 Å². The highest BCUT2D eigenvalue weighted by atomic mass is 16.5. The van der Waals surface area contributed by atoms with E-state index in [9.17, 15) is 4.79 Å². The molecule has 208 valence electrons. The summed E-state index contributed by atoms with van der Waals surface area (Å²) >= 11 is 0. The predicted octanol–water partition coefficient (Wildman–Crippen LogP) is 2.84. The van der Waals surface area contributed by atoms with Gasteiger partial charge in [0.25, 0.3) is 0 Å². The summed E-state index contributed by atoms with van der Waals surface area (Å²) in [7, 11) is 0. The average molecular weight is 535 g/mol. The number of hydrogen-bond donors (Lipinski definition) is 5. The van der Waals surface area contributed by atoms with Gasteiger partial charge in [-0.2, -0.15) is 15.0 Å². The Hall–Kier alpha value is -3.80. The Morgan fingerprint density at radius 1 is 0.846 bits per heavy atom. The topological polar surface area (TPSA) is 148 Å². The molecule has 1 aliphatic rings. The number of carbonyl (C=O) groups is 1. The Morgan fingerprint density at radius 2 is 1.56 bits per heavy atom. The third-order valence-electron chi connectivity index (χ3n) is 6.14. The van der Waals surface area contributed by atoms with E-state index in [1.807, 2.05) is 42.5 Å². The van der Waals surface area contributed by atoms with Crippen LogP contribution in [0.5, 0.6) is 0 Å². The highest BCUT2D eigenvalue weighted by molar-refractivity contribution is 5.78. The zero-order valence-electron chi connectivity index (χ0n) is 22.2. The SMILES string of the molecule is NCCOCCOCCNC(=O)Cc1ccc(Nc2nc(NCc3ccccc3)nc(NC3CCC3)n2)cc1. The summed E-state index contributed by atoms with van der Waals surface area (Å²) in [5, 5.41) is 12.8. The van der Waals surface area contributed by atoms with Crippen molar-refractivity contribution < 1.29 is 14.3 Å². The molecule has 0 spiro atoms. The van der Waals surface area contributed by atoms with Crippen molar-refractivity contribution in [1.29, 1.82) is 0 Å². The van der Waals surface area contributed by atoms with E-state index in [4.69, 9.17) is 15.2 Å². The number of ether oxygens (including phenoxy) is 2. The number of aromatic nitrogens is 3. The van der Waals surface area contributed by atoms with Gasteiger partial charge in [-0.1, -0.05) is 42.5 Å². The molecule has 11 heteroatoms. The molecule has 4 rings (SSSR count). The molecule has 0 radical (unpaired) electrons. The second-order valence-electron chi connectivity index (χ2n) is 9.28. The minimum absolute atomic E-state index is 0.0583. The number of nitrogens with one attached hydrogen (secondary N) is 4. The van der Waals surface area contributed by atoms with Gasteiger partial charge in [0, 0.05) is 31.4 Å². The molecule has 1 heterocycles. The number of rotatable bonds is 17. The number of nitrogens with two attached hydrogens (primary N) is 1. The molecule has 6 N–H and O–H groups in total. The van der Waals surface area contributed by atoms with Crippen molar-refractivity contribution >= 4 is 29.4 Å². The van der Waals surface area contributed by atoms with Crippen LogP contribution in [-0.4, -0.2) is 66.4 Å². The van der Waals surface area contributed by atoms with E-state index >= 15 is 0 Å². The quantitative estimate of drug-likeness (QED) is 0.164. The van der Waals surface area contributed by atoms with Gasteiger partial charge in [0.15, 0.2) is 0 Å². The first-order chi connectivity index (χ1) is 19.2. The number of carbonyl (C=O) groups excluding carboxylic acids is 1. The number of amides is 1. The van der Waals surface area contributed by atoms with Crippen LogP contribution < -0.4 is 27.0 Å². The van der Waals surface area contributed by atoms with Gasteiger partial charge in [-0.3, -0.25) is 4.79 Å². The molecular formula is C28H38N8O3. The standard InChI is InChI=1S/C28H38N8O3/c29-13-15-38-17-18-39-16-14-30-25(37)19-21-9-11-24(12-10-21)33-28-35-26(31-20-22-5-2-1-3-6-22)34-27(36-28)32-23-7-4-8-23/h1-3,5-6,9-12,23H,4,7-8,13-20,29H2,(H,30,37)(H3,31,32,33,34,35,36). The van der Waals surface area contributed by atoms with Crippen molar-refractivity contribution in [2.24, 2.45) is 5.73 Å². The average Bonchev–Trinajstić information content (AvgIpc) is 2.93. The highest BCUT2D eigenvalue weighted by Gasteiger charge is 2.19. The monoisotopic (exact) mass is 534 g/mol. The Balaban J connectivity index is 1.27. The lowest BCUT2D eigenvalue weighted by Gasteiger charge is -2.26. The molecule has 0 atom stereocenters. The van der Waals surface area contributed by atoms with Crippen molar-refractivity contribution in [2.75, 3.05) is 55.5 Å². The summed E-state index contributed by atoms with van der Waals surface area (Å²) in [6.07, 6.45) is 3.74. The van der Waals surface area contributed by atoms with Crippen LogP contribution in [0.3, 0.4) is 0 Å². The molecule has 1 aromatic heterocycles. The van der Waals surface area contributed by atoms with Gasteiger partial charge in [-0.05, 0) is 42.5 Å². The molecule has 0 aliphatic heterocycles. The second-order valence-corrected chi connectivity index (χ2v) is 9.28. The molecule has 1 amide bonds. The van der Waals surface area contributed by atoms with Gasteiger partial charge in [-0.15, -0.1) is 0 Å². The van der Waals surface area contributed by atoms with Crippen molar-refractivity contribution in [3.63, 3.8) is 0 Å². The summed E-state index contributed by atoms with van der Waals surface area (Å²) in [5.41, 5.74) is 8.22. The van der Waals surface area contributed by atoms with E-state index in [2.05, 4.69) is 48.4 Å². The Bertz CT molecular complexity index is 1140. The predicted molar refractivity (Wildman–Crippen MR) is 152 cm³/mol. The number of nitrogens with zero attached hydrogens (tertiary/aromatic N) is 3. The summed E-state index contributed by atoms with van der Waals surface area (Å²) in [6, 6.07) is 18.2. The first kappa shape index (κ1) is 28.2. The number of anilines is 4. The zero-order valence-corrected chi connectivity index (χ0v) is 22.2. The van der Waals surface area contributed by atoms with Gasteiger partial charge < -0.3 is 36.5 Å². The number of hydrogen-bond acceptors (Lipinski definition) is 10. The number of benzene rings is 2. The zero-order chi connectivity index (χ0) is 27.1. The largest absolute Gasteiger partial charge is 0.378 e. The van der Waals surface area contributed by atoms with Crippen LogP contribution >= 0.6 is 0 Å². The minimum atomic E-state index is -0.0583. The molecule has 0 bridgehead atoms. The maximum absolute atomic E-state index is 12.3. The Morgan fingerprint density at radius 3 is 2.28 bits per heavy atom. The van der Waals surface area contributed by atoms with Crippen LogP contribution in [0.25, 0.3) is 0 Å². The second kappa shape index (κ2) is 15.6. The van der Waals surface area contributed by atoms with Crippen molar-refractivity contribution in [1.82, 2.24) is 20.3 Å². The van der Waals surface area contributed by atoms with E-state index in [1.54, 1.807) is 0 Å². The fourth-order valence-electron chi connectivity index (χ4n) is 3.84. The van der Waals surface area contributed by atoms with Gasteiger partial charge in [0.05, 0.1) is 32.8 Å². The third kappa shape index (κ3) is 10.1. The van der Waals surface area contributed by atoms with Crippen LogP contribution in [0.2, 0.25) is 0 Å². The summed E-state index contributed by atoms with van der Waals surface area (Å²) in [4.78, 5) is 26.0. The van der Waals surface area contributed by atoms with E-state index < -0.39 is 0 Å². The van der Waals surface area contributed by atoms with E-state index in [0.29, 0.717) is 69.9 Å². The van der Waals surface area contributed by atoms with Gasteiger partial charge in [0.2, 0.25) is 23.8 Å². The van der Waals surface area contributed by atoms with Gasteiger partial charge in [0.1, 0.15) is 0 Å². The van der Waals surface area contributed by atoms with E-state index in [1.165, 1.54) is 6.42 Å². The lowest BCUT2D eigenvalue weighted by Crippen LogP contribution is -2.29. The Kier molecular flexibility index (Phi) is 11.3. The van der Waals surface area contributed by atoms with E-state index in [-0.39, 0.29) is 12.3 Å². The Labute approximate surface area is 229 Å². The molecule has 1 aliphatic carbocycles. The normalized spacial score (nSPS) is 12.9. The molecule has 2 aromatic carbocycles. The van der Waals surface area contributed by atoms with Gasteiger partial charge >= 0.3 is 0 Å². The highest BCUT2D eigenvalue weighted by Crippen LogP contribution is 2.23. The summed E-state index contributed by atoms with van der Waals surface area (Å²) in [5.74, 6) is 1.44. The fraction of sp³-hybridized carbons (Fsp3) is 0.429. The minimum Gasteiger partial charge on any atom is -0.378 e. The molecule has 0 saturated heterocycles.